The molecule has 33 heavy (non-hydrogen) atoms. The topological polar surface area (TPSA) is 124 Å². The molecule has 0 bridgehead atoms. The first-order valence-corrected chi connectivity index (χ1v) is 11.0. The summed E-state index contributed by atoms with van der Waals surface area (Å²) >= 11 is 0. The summed E-state index contributed by atoms with van der Waals surface area (Å²) in [5, 5.41) is 13.4. The van der Waals surface area contributed by atoms with Crippen LogP contribution in [0.3, 0.4) is 0 Å². The SMILES string of the molecule is CNc1cc(Nc2cccn(C3CCCOC3)c2=O)nc2c(C(=O)NC3CC3OC)cnn12. The van der Waals surface area contributed by atoms with E-state index in [1.54, 1.807) is 41.6 Å². The van der Waals surface area contributed by atoms with Gasteiger partial charge < -0.3 is 30.0 Å². The fourth-order valence-corrected chi connectivity index (χ4v) is 4.17. The number of amides is 1. The van der Waals surface area contributed by atoms with Crippen LogP contribution in [0.1, 0.15) is 35.7 Å². The van der Waals surface area contributed by atoms with Crippen molar-refractivity contribution in [2.45, 2.75) is 37.5 Å². The molecule has 3 unspecified atom stereocenters. The minimum Gasteiger partial charge on any atom is -0.379 e. The molecule has 11 heteroatoms. The standard InChI is InChI=1S/C22H27N7O4/c1-23-19-10-18(25-15-6-3-7-28(22(15)31)13-5-4-8-33-12-13)27-20-14(11-24-29(19)20)21(30)26-16-9-17(16)32-2/h3,6-7,10-11,13,16-17,23H,4-5,8-9,12H2,1-2H3,(H,25,27)(H,26,30). The van der Waals surface area contributed by atoms with Crippen LogP contribution < -0.4 is 21.5 Å². The lowest BCUT2D eigenvalue weighted by Crippen LogP contribution is -2.31. The average molecular weight is 454 g/mol. The summed E-state index contributed by atoms with van der Waals surface area (Å²) in [6.07, 6.45) is 5.94. The Bertz CT molecular complexity index is 1230. The monoisotopic (exact) mass is 453 g/mol. The van der Waals surface area contributed by atoms with Gasteiger partial charge in [-0.25, -0.2) is 4.98 Å². The largest absolute Gasteiger partial charge is 0.379 e. The van der Waals surface area contributed by atoms with Gasteiger partial charge in [0, 0.05) is 33.0 Å². The highest BCUT2D eigenvalue weighted by atomic mass is 16.5. The highest BCUT2D eigenvalue weighted by molar-refractivity contribution is 6.00. The van der Waals surface area contributed by atoms with E-state index < -0.39 is 0 Å². The van der Waals surface area contributed by atoms with Gasteiger partial charge in [-0.1, -0.05) is 0 Å². The van der Waals surface area contributed by atoms with Crippen LogP contribution in [-0.2, 0) is 9.47 Å². The molecule has 174 valence electrons. The fraction of sp³-hybridized carbons (Fsp3) is 0.455. The molecule has 2 aliphatic rings. The summed E-state index contributed by atoms with van der Waals surface area (Å²) in [5.41, 5.74) is 0.982. The zero-order valence-corrected chi connectivity index (χ0v) is 18.6. The lowest BCUT2D eigenvalue weighted by Gasteiger charge is -2.24. The minimum atomic E-state index is -0.263. The van der Waals surface area contributed by atoms with Crippen molar-refractivity contribution in [3.8, 4) is 0 Å². The number of carbonyl (C=O) groups excluding carboxylic acids is 1. The van der Waals surface area contributed by atoms with E-state index in [0.29, 0.717) is 35.1 Å². The molecule has 0 aromatic carbocycles. The predicted octanol–water partition coefficient (Wildman–Crippen LogP) is 1.54. The Labute approximate surface area is 190 Å². The van der Waals surface area contributed by atoms with E-state index >= 15 is 0 Å². The quantitative estimate of drug-likeness (QED) is 0.492. The number of hydrogen-bond acceptors (Lipinski definition) is 8. The molecule has 3 N–H and O–H groups in total. The maximum Gasteiger partial charge on any atom is 0.274 e. The molecule has 4 heterocycles. The second kappa shape index (κ2) is 8.83. The number of aromatic nitrogens is 4. The number of fused-ring (bicyclic) bond motifs is 1. The average Bonchev–Trinajstić information content (AvgIpc) is 3.45. The molecule has 2 fully saturated rings. The number of nitrogens with one attached hydrogen (secondary N) is 3. The van der Waals surface area contributed by atoms with Crippen LogP contribution in [0.2, 0.25) is 0 Å². The van der Waals surface area contributed by atoms with Gasteiger partial charge in [0.1, 0.15) is 22.9 Å². The Morgan fingerprint density at radius 1 is 1.36 bits per heavy atom. The van der Waals surface area contributed by atoms with Crippen molar-refractivity contribution < 1.29 is 14.3 Å². The third kappa shape index (κ3) is 4.16. The Morgan fingerprint density at radius 2 is 2.24 bits per heavy atom. The first kappa shape index (κ1) is 21.4. The third-order valence-electron chi connectivity index (χ3n) is 6.09. The molecule has 5 rings (SSSR count). The lowest BCUT2D eigenvalue weighted by molar-refractivity contribution is 0.0581. The van der Waals surface area contributed by atoms with E-state index in [9.17, 15) is 9.59 Å². The molecule has 11 nitrogen and oxygen atoms in total. The predicted molar refractivity (Wildman–Crippen MR) is 122 cm³/mol. The first-order valence-electron chi connectivity index (χ1n) is 11.0. The highest BCUT2D eigenvalue weighted by Crippen LogP contribution is 2.26. The number of carbonyl (C=O) groups is 1. The molecule has 0 radical (unpaired) electrons. The van der Waals surface area contributed by atoms with Crippen LogP contribution in [0.4, 0.5) is 17.3 Å². The molecule has 1 saturated heterocycles. The van der Waals surface area contributed by atoms with E-state index in [4.69, 9.17) is 9.47 Å². The van der Waals surface area contributed by atoms with Crippen LogP contribution in [-0.4, -0.2) is 64.6 Å². The number of hydrogen-bond donors (Lipinski definition) is 3. The molecule has 3 aromatic heterocycles. The number of nitrogens with zero attached hydrogens (tertiary/aromatic N) is 4. The van der Waals surface area contributed by atoms with Crippen LogP contribution in [0, 0.1) is 0 Å². The molecule has 1 aliphatic heterocycles. The van der Waals surface area contributed by atoms with Crippen LogP contribution in [0.5, 0.6) is 0 Å². The Hall–Kier alpha value is -3.44. The third-order valence-corrected chi connectivity index (χ3v) is 6.09. The van der Waals surface area contributed by atoms with Crippen molar-refractivity contribution in [3.05, 3.63) is 46.5 Å². The zero-order chi connectivity index (χ0) is 22.9. The van der Waals surface area contributed by atoms with Crippen molar-refractivity contribution in [3.63, 3.8) is 0 Å². The van der Waals surface area contributed by atoms with E-state index in [1.807, 2.05) is 6.07 Å². The smallest absolute Gasteiger partial charge is 0.274 e. The Kier molecular flexibility index (Phi) is 5.73. The molecule has 1 saturated carbocycles. The summed E-state index contributed by atoms with van der Waals surface area (Å²) in [5.74, 6) is 0.789. The highest BCUT2D eigenvalue weighted by Gasteiger charge is 2.39. The second-order valence-electron chi connectivity index (χ2n) is 8.29. The first-order chi connectivity index (χ1) is 16.1. The van der Waals surface area contributed by atoms with Gasteiger partial charge >= 0.3 is 0 Å². The zero-order valence-electron chi connectivity index (χ0n) is 18.6. The number of pyridine rings is 1. The van der Waals surface area contributed by atoms with Gasteiger partial charge in [-0.05, 0) is 31.4 Å². The van der Waals surface area contributed by atoms with Gasteiger partial charge in [0.25, 0.3) is 11.5 Å². The molecule has 3 atom stereocenters. The number of ether oxygens (including phenoxy) is 2. The van der Waals surface area contributed by atoms with Crippen molar-refractivity contribution in [1.29, 1.82) is 0 Å². The maximum atomic E-state index is 13.1. The Morgan fingerprint density at radius 3 is 2.97 bits per heavy atom. The molecule has 0 spiro atoms. The van der Waals surface area contributed by atoms with Crippen molar-refractivity contribution >= 4 is 28.9 Å². The van der Waals surface area contributed by atoms with Crippen LogP contribution in [0.25, 0.3) is 5.65 Å². The summed E-state index contributed by atoms with van der Waals surface area (Å²) in [6, 6.07) is 5.29. The van der Waals surface area contributed by atoms with Crippen LogP contribution in [0.15, 0.2) is 35.4 Å². The maximum absolute atomic E-state index is 13.1. The van der Waals surface area contributed by atoms with Gasteiger partial charge in [0.05, 0.1) is 31.0 Å². The molecule has 1 amide bonds. The van der Waals surface area contributed by atoms with Gasteiger partial charge in [0.15, 0.2) is 5.65 Å². The minimum absolute atomic E-state index is 0.00548. The van der Waals surface area contributed by atoms with Gasteiger partial charge in [-0.3, -0.25) is 9.59 Å². The summed E-state index contributed by atoms with van der Waals surface area (Å²) in [4.78, 5) is 30.5. The van der Waals surface area contributed by atoms with E-state index in [2.05, 4.69) is 26.0 Å². The normalized spacial score (nSPS) is 22.2. The number of anilines is 3. The summed E-state index contributed by atoms with van der Waals surface area (Å²) in [7, 11) is 3.38. The summed E-state index contributed by atoms with van der Waals surface area (Å²) < 4.78 is 14.1. The number of methoxy groups -OCH3 is 1. The molecule has 1 aliphatic carbocycles. The second-order valence-corrected chi connectivity index (χ2v) is 8.29. The van der Waals surface area contributed by atoms with E-state index in [0.717, 1.165) is 25.9 Å². The lowest BCUT2D eigenvalue weighted by atomic mass is 10.1. The van der Waals surface area contributed by atoms with Crippen molar-refractivity contribution in [2.24, 2.45) is 0 Å². The molecular weight excluding hydrogens is 426 g/mol. The van der Waals surface area contributed by atoms with Crippen molar-refractivity contribution in [2.75, 3.05) is 38.0 Å². The summed E-state index contributed by atoms with van der Waals surface area (Å²) in [6.45, 7) is 1.25. The van der Waals surface area contributed by atoms with E-state index in [1.165, 1.54) is 6.20 Å². The fourth-order valence-electron chi connectivity index (χ4n) is 4.17. The van der Waals surface area contributed by atoms with Gasteiger partial charge in [0.2, 0.25) is 0 Å². The molecule has 3 aromatic rings. The Balaban J connectivity index is 1.45. The van der Waals surface area contributed by atoms with Crippen LogP contribution >= 0.6 is 0 Å². The van der Waals surface area contributed by atoms with Gasteiger partial charge in [-0.15, -0.1) is 0 Å². The van der Waals surface area contributed by atoms with Gasteiger partial charge in [-0.2, -0.15) is 9.61 Å². The number of rotatable bonds is 7. The van der Waals surface area contributed by atoms with E-state index in [-0.39, 0.29) is 29.7 Å². The molecular formula is C22H27N7O4. The van der Waals surface area contributed by atoms with Crippen molar-refractivity contribution in [1.82, 2.24) is 24.5 Å².